The Bertz CT molecular complexity index is 222. The second-order valence-corrected chi connectivity index (χ2v) is 6.08. The second-order valence-electron chi connectivity index (χ2n) is 6.08. The molecule has 0 aromatic rings. The second kappa shape index (κ2) is 9.70. The van der Waals surface area contributed by atoms with Crippen LogP contribution in [0.3, 0.4) is 0 Å². The van der Waals surface area contributed by atoms with E-state index in [0.29, 0.717) is 12.1 Å². The lowest BCUT2D eigenvalue weighted by Gasteiger charge is -2.35. The summed E-state index contributed by atoms with van der Waals surface area (Å²) in [7, 11) is 0. The molecular formula is C15H32N2O2. The third kappa shape index (κ3) is 7.88. The van der Waals surface area contributed by atoms with Crippen LogP contribution >= 0.6 is 0 Å². The highest BCUT2D eigenvalue weighted by Crippen LogP contribution is 2.07. The van der Waals surface area contributed by atoms with E-state index in [4.69, 9.17) is 9.47 Å². The molecule has 0 radical (unpaired) electrons. The summed E-state index contributed by atoms with van der Waals surface area (Å²) >= 11 is 0. The zero-order valence-electron chi connectivity index (χ0n) is 13.2. The highest BCUT2D eigenvalue weighted by Gasteiger charge is 2.21. The summed E-state index contributed by atoms with van der Waals surface area (Å²) in [6.45, 7) is 15.4. The largest absolute Gasteiger partial charge is 0.380 e. The van der Waals surface area contributed by atoms with Crippen LogP contribution < -0.4 is 5.32 Å². The summed E-state index contributed by atoms with van der Waals surface area (Å²) in [4.78, 5) is 2.48. The predicted molar refractivity (Wildman–Crippen MR) is 79.6 cm³/mol. The van der Waals surface area contributed by atoms with Crippen molar-refractivity contribution in [2.75, 3.05) is 46.0 Å². The van der Waals surface area contributed by atoms with E-state index >= 15 is 0 Å². The van der Waals surface area contributed by atoms with Gasteiger partial charge in [0.25, 0.3) is 0 Å². The summed E-state index contributed by atoms with van der Waals surface area (Å²) in [6, 6.07) is 0.616. The van der Waals surface area contributed by atoms with Crippen LogP contribution in [0.5, 0.6) is 0 Å². The van der Waals surface area contributed by atoms with Crippen LogP contribution in [0.1, 0.15) is 34.1 Å². The maximum atomic E-state index is 5.77. The lowest BCUT2D eigenvalue weighted by Crippen LogP contribution is -2.49. The zero-order valence-corrected chi connectivity index (χ0v) is 13.2. The number of nitrogens with one attached hydrogen (secondary N) is 1. The van der Waals surface area contributed by atoms with Gasteiger partial charge in [-0.3, -0.25) is 4.90 Å². The van der Waals surface area contributed by atoms with Crippen LogP contribution in [0, 0.1) is 5.92 Å². The van der Waals surface area contributed by atoms with Crippen molar-refractivity contribution in [1.29, 1.82) is 0 Å². The summed E-state index contributed by atoms with van der Waals surface area (Å²) < 4.78 is 11.4. The first-order chi connectivity index (χ1) is 9.09. The SMILES string of the molecule is CC(C)CCOCCNCC1CN(C(C)C)CCO1. The Morgan fingerprint density at radius 1 is 1.26 bits per heavy atom. The zero-order chi connectivity index (χ0) is 14.1. The van der Waals surface area contributed by atoms with Gasteiger partial charge in [0, 0.05) is 38.8 Å². The van der Waals surface area contributed by atoms with E-state index < -0.39 is 0 Å². The lowest BCUT2D eigenvalue weighted by molar-refractivity contribution is -0.0376. The van der Waals surface area contributed by atoms with Gasteiger partial charge in [-0.25, -0.2) is 0 Å². The Kier molecular flexibility index (Phi) is 8.62. The first-order valence-electron chi connectivity index (χ1n) is 7.73. The van der Waals surface area contributed by atoms with Crippen molar-refractivity contribution < 1.29 is 9.47 Å². The van der Waals surface area contributed by atoms with Gasteiger partial charge >= 0.3 is 0 Å². The highest BCUT2D eigenvalue weighted by atomic mass is 16.5. The monoisotopic (exact) mass is 272 g/mol. The molecule has 1 atom stereocenters. The Hall–Kier alpha value is -0.160. The molecule has 0 spiro atoms. The predicted octanol–water partition coefficient (Wildman–Crippen LogP) is 1.75. The summed E-state index contributed by atoms with van der Waals surface area (Å²) in [5.41, 5.74) is 0. The first kappa shape index (κ1) is 16.9. The molecule has 1 saturated heterocycles. The number of rotatable bonds is 9. The van der Waals surface area contributed by atoms with Crippen LogP contribution in [0.2, 0.25) is 0 Å². The molecule has 4 nitrogen and oxygen atoms in total. The molecule has 0 aromatic heterocycles. The van der Waals surface area contributed by atoms with Gasteiger partial charge in [-0.2, -0.15) is 0 Å². The standard InChI is InChI=1S/C15H32N2O2/c1-13(2)5-8-18-9-6-16-11-15-12-17(14(3)4)7-10-19-15/h13-16H,5-12H2,1-4H3. The fourth-order valence-corrected chi connectivity index (χ4v) is 2.16. The van der Waals surface area contributed by atoms with E-state index in [9.17, 15) is 0 Å². The van der Waals surface area contributed by atoms with Crippen molar-refractivity contribution >= 4 is 0 Å². The molecule has 0 bridgehead atoms. The summed E-state index contributed by atoms with van der Waals surface area (Å²) in [6.07, 6.45) is 1.47. The molecule has 1 aliphatic rings. The number of ether oxygens (including phenoxy) is 2. The Morgan fingerprint density at radius 2 is 2.05 bits per heavy atom. The number of morpholine rings is 1. The van der Waals surface area contributed by atoms with E-state index in [2.05, 4.69) is 37.9 Å². The maximum absolute atomic E-state index is 5.77. The van der Waals surface area contributed by atoms with Gasteiger partial charge in [0.05, 0.1) is 19.3 Å². The normalized spacial score (nSPS) is 21.5. The van der Waals surface area contributed by atoms with Crippen LogP contribution in [0.15, 0.2) is 0 Å². The molecular weight excluding hydrogens is 240 g/mol. The molecule has 0 aliphatic carbocycles. The van der Waals surface area contributed by atoms with Gasteiger partial charge in [0.15, 0.2) is 0 Å². The molecule has 1 fully saturated rings. The van der Waals surface area contributed by atoms with Crippen LogP contribution in [0.25, 0.3) is 0 Å². The minimum atomic E-state index is 0.326. The van der Waals surface area contributed by atoms with Crippen LogP contribution in [0.4, 0.5) is 0 Å². The third-order valence-electron chi connectivity index (χ3n) is 3.54. The summed E-state index contributed by atoms with van der Waals surface area (Å²) in [5, 5.41) is 3.43. The molecule has 0 saturated carbocycles. The van der Waals surface area contributed by atoms with Gasteiger partial charge in [-0.1, -0.05) is 13.8 Å². The molecule has 19 heavy (non-hydrogen) atoms. The summed E-state index contributed by atoms with van der Waals surface area (Å²) in [5.74, 6) is 0.727. The number of hydrogen-bond acceptors (Lipinski definition) is 4. The topological polar surface area (TPSA) is 33.7 Å². The Labute approximate surface area is 118 Å². The van der Waals surface area contributed by atoms with Crippen molar-refractivity contribution in [1.82, 2.24) is 10.2 Å². The van der Waals surface area contributed by atoms with Gasteiger partial charge < -0.3 is 14.8 Å². The van der Waals surface area contributed by atoms with Crippen molar-refractivity contribution in [3.63, 3.8) is 0 Å². The van der Waals surface area contributed by atoms with Crippen molar-refractivity contribution in [2.45, 2.75) is 46.3 Å². The average Bonchev–Trinajstić information content (AvgIpc) is 2.37. The fraction of sp³-hybridized carbons (Fsp3) is 1.00. The van der Waals surface area contributed by atoms with E-state index in [1.165, 1.54) is 0 Å². The average molecular weight is 272 g/mol. The molecule has 1 rings (SSSR count). The van der Waals surface area contributed by atoms with E-state index in [1.54, 1.807) is 0 Å². The van der Waals surface area contributed by atoms with E-state index in [-0.39, 0.29) is 0 Å². The molecule has 4 heteroatoms. The van der Waals surface area contributed by atoms with Crippen LogP contribution in [-0.2, 0) is 9.47 Å². The minimum absolute atomic E-state index is 0.326. The van der Waals surface area contributed by atoms with Gasteiger partial charge in [0.2, 0.25) is 0 Å². The molecule has 114 valence electrons. The van der Waals surface area contributed by atoms with Gasteiger partial charge in [-0.15, -0.1) is 0 Å². The number of hydrogen-bond donors (Lipinski definition) is 1. The molecule has 1 heterocycles. The molecule has 1 N–H and O–H groups in total. The molecule has 1 unspecified atom stereocenters. The fourth-order valence-electron chi connectivity index (χ4n) is 2.16. The van der Waals surface area contributed by atoms with Crippen molar-refractivity contribution in [2.24, 2.45) is 5.92 Å². The third-order valence-corrected chi connectivity index (χ3v) is 3.54. The van der Waals surface area contributed by atoms with E-state index in [1.807, 2.05) is 0 Å². The smallest absolute Gasteiger partial charge is 0.0826 e. The molecule has 0 amide bonds. The molecule has 0 aromatic carbocycles. The van der Waals surface area contributed by atoms with Crippen molar-refractivity contribution in [3.05, 3.63) is 0 Å². The Morgan fingerprint density at radius 3 is 2.74 bits per heavy atom. The first-order valence-corrected chi connectivity index (χ1v) is 7.73. The molecule has 1 aliphatic heterocycles. The highest BCUT2D eigenvalue weighted by molar-refractivity contribution is 4.75. The van der Waals surface area contributed by atoms with Crippen molar-refractivity contribution in [3.8, 4) is 0 Å². The maximum Gasteiger partial charge on any atom is 0.0826 e. The number of nitrogens with zero attached hydrogens (tertiary/aromatic N) is 1. The minimum Gasteiger partial charge on any atom is -0.380 e. The Balaban J connectivity index is 1.97. The van der Waals surface area contributed by atoms with E-state index in [0.717, 1.165) is 58.3 Å². The van der Waals surface area contributed by atoms with Gasteiger partial charge in [0.1, 0.15) is 0 Å². The van der Waals surface area contributed by atoms with Crippen LogP contribution in [-0.4, -0.2) is 63.0 Å². The lowest BCUT2D eigenvalue weighted by atomic mass is 10.1. The van der Waals surface area contributed by atoms with Gasteiger partial charge in [-0.05, 0) is 26.2 Å². The quantitative estimate of drug-likeness (QED) is 0.648.